The Labute approximate surface area is 121 Å². The Morgan fingerprint density at radius 2 is 1.90 bits per heavy atom. The molecular formula is C16H25NO3. The van der Waals surface area contributed by atoms with E-state index in [1.54, 1.807) is 6.92 Å². The smallest absolute Gasteiger partial charge is 0.310 e. The Hall–Kier alpha value is -1.39. The maximum Gasteiger partial charge on any atom is 0.310 e. The van der Waals surface area contributed by atoms with Crippen molar-refractivity contribution < 1.29 is 14.6 Å². The first-order valence-corrected chi connectivity index (χ1v) is 6.96. The number of ether oxygens (including phenoxy) is 1. The van der Waals surface area contributed by atoms with Crippen molar-refractivity contribution in [1.29, 1.82) is 0 Å². The third-order valence-electron chi connectivity index (χ3n) is 3.53. The van der Waals surface area contributed by atoms with Gasteiger partial charge in [0, 0.05) is 12.1 Å². The summed E-state index contributed by atoms with van der Waals surface area (Å²) in [6, 6.07) is 9.61. The molecule has 0 spiro atoms. The largest absolute Gasteiger partial charge is 0.461 e. The second-order valence-electron chi connectivity index (χ2n) is 5.77. The van der Waals surface area contributed by atoms with Crippen LogP contribution in [0.25, 0.3) is 0 Å². The van der Waals surface area contributed by atoms with E-state index >= 15 is 0 Å². The molecule has 0 amide bonds. The van der Waals surface area contributed by atoms with Crippen LogP contribution in [-0.2, 0) is 16.1 Å². The predicted molar refractivity (Wildman–Crippen MR) is 79.2 cm³/mol. The lowest BCUT2D eigenvalue weighted by Gasteiger charge is -2.30. The zero-order valence-electron chi connectivity index (χ0n) is 12.7. The zero-order chi connectivity index (χ0) is 15.2. The third kappa shape index (κ3) is 5.31. The summed E-state index contributed by atoms with van der Waals surface area (Å²) < 4.78 is 5.27. The fourth-order valence-corrected chi connectivity index (χ4v) is 1.52. The number of hydrogen-bond acceptors (Lipinski definition) is 4. The number of carbonyl (C=O) groups is 1. The Morgan fingerprint density at radius 3 is 2.45 bits per heavy atom. The molecule has 2 atom stereocenters. The number of hydrogen-bond donors (Lipinski definition) is 2. The Bertz CT molecular complexity index is 415. The molecule has 2 N–H and O–H groups in total. The van der Waals surface area contributed by atoms with Gasteiger partial charge in [-0.05, 0) is 26.3 Å². The highest BCUT2D eigenvalue weighted by molar-refractivity contribution is 5.72. The molecule has 0 saturated heterocycles. The van der Waals surface area contributed by atoms with Crippen molar-refractivity contribution in [2.45, 2.75) is 45.9 Å². The van der Waals surface area contributed by atoms with Gasteiger partial charge in [-0.15, -0.1) is 0 Å². The van der Waals surface area contributed by atoms with Crippen LogP contribution in [0, 0.1) is 5.92 Å². The predicted octanol–water partition coefficient (Wildman–Crippen LogP) is 2.11. The van der Waals surface area contributed by atoms with Crippen molar-refractivity contribution >= 4 is 5.97 Å². The van der Waals surface area contributed by atoms with Crippen LogP contribution in [0.2, 0.25) is 0 Å². The van der Waals surface area contributed by atoms with E-state index < -0.39 is 11.6 Å². The first-order chi connectivity index (χ1) is 9.33. The van der Waals surface area contributed by atoms with Gasteiger partial charge in [-0.25, -0.2) is 0 Å². The van der Waals surface area contributed by atoms with E-state index in [9.17, 15) is 9.90 Å². The molecule has 112 valence electrons. The quantitative estimate of drug-likeness (QED) is 0.751. The van der Waals surface area contributed by atoms with Crippen molar-refractivity contribution in [3.05, 3.63) is 35.9 Å². The molecule has 0 radical (unpaired) electrons. The molecule has 0 heterocycles. The molecule has 4 heteroatoms. The summed E-state index contributed by atoms with van der Waals surface area (Å²) in [5, 5.41) is 12.8. The van der Waals surface area contributed by atoms with Gasteiger partial charge in [0.1, 0.15) is 6.61 Å². The number of benzene rings is 1. The SMILES string of the molecule is CC(CNC(C)(C)C(C)O)C(=O)OCc1ccccc1. The van der Waals surface area contributed by atoms with Crippen molar-refractivity contribution in [3.8, 4) is 0 Å². The van der Waals surface area contributed by atoms with Gasteiger partial charge >= 0.3 is 5.97 Å². The summed E-state index contributed by atoms with van der Waals surface area (Å²) >= 11 is 0. The molecule has 0 aromatic heterocycles. The molecule has 2 unspecified atom stereocenters. The molecule has 1 rings (SSSR count). The van der Waals surface area contributed by atoms with E-state index in [1.165, 1.54) is 0 Å². The Morgan fingerprint density at radius 1 is 1.30 bits per heavy atom. The zero-order valence-corrected chi connectivity index (χ0v) is 12.7. The van der Waals surface area contributed by atoms with Crippen LogP contribution in [0.3, 0.4) is 0 Å². The molecule has 0 saturated carbocycles. The number of nitrogens with one attached hydrogen (secondary N) is 1. The van der Waals surface area contributed by atoms with Gasteiger partial charge < -0.3 is 15.2 Å². The highest BCUT2D eigenvalue weighted by Crippen LogP contribution is 2.10. The lowest BCUT2D eigenvalue weighted by Crippen LogP contribution is -2.50. The maximum absolute atomic E-state index is 11.9. The number of esters is 1. The molecule has 1 aromatic rings. The molecule has 0 aliphatic rings. The monoisotopic (exact) mass is 279 g/mol. The summed E-state index contributed by atoms with van der Waals surface area (Å²) in [5.41, 5.74) is 0.554. The van der Waals surface area contributed by atoms with E-state index in [-0.39, 0.29) is 11.9 Å². The summed E-state index contributed by atoms with van der Waals surface area (Å²) in [4.78, 5) is 11.9. The van der Waals surface area contributed by atoms with E-state index in [1.807, 2.05) is 51.1 Å². The van der Waals surface area contributed by atoms with Crippen LogP contribution in [0.15, 0.2) is 30.3 Å². The van der Waals surface area contributed by atoms with Gasteiger partial charge in [0.2, 0.25) is 0 Å². The first-order valence-electron chi connectivity index (χ1n) is 6.96. The normalized spacial score (nSPS) is 14.7. The van der Waals surface area contributed by atoms with Crippen LogP contribution in [0.5, 0.6) is 0 Å². The fraction of sp³-hybridized carbons (Fsp3) is 0.562. The van der Waals surface area contributed by atoms with Gasteiger partial charge in [-0.3, -0.25) is 4.79 Å². The number of aliphatic hydroxyl groups is 1. The Balaban J connectivity index is 2.36. The molecule has 0 aliphatic heterocycles. The maximum atomic E-state index is 11.9. The van der Waals surface area contributed by atoms with E-state index in [0.29, 0.717) is 13.2 Å². The summed E-state index contributed by atoms with van der Waals surface area (Å²) in [6.45, 7) is 8.12. The van der Waals surface area contributed by atoms with E-state index in [0.717, 1.165) is 5.56 Å². The van der Waals surface area contributed by atoms with E-state index in [2.05, 4.69) is 5.32 Å². The van der Waals surface area contributed by atoms with Gasteiger partial charge in [-0.1, -0.05) is 37.3 Å². The van der Waals surface area contributed by atoms with Gasteiger partial charge in [-0.2, -0.15) is 0 Å². The summed E-state index contributed by atoms with van der Waals surface area (Å²) in [5.74, 6) is -0.487. The lowest BCUT2D eigenvalue weighted by atomic mass is 9.98. The fourth-order valence-electron chi connectivity index (χ4n) is 1.52. The molecule has 4 nitrogen and oxygen atoms in total. The number of rotatable bonds is 7. The molecule has 0 aliphatic carbocycles. The molecule has 20 heavy (non-hydrogen) atoms. The van der Waals surface area contributed by atoms with Crippen molar-refractivity contribution in [3.63, 3.8) is 0 Å². The lowest BCUT2D eigenvalue weighted by molar-refractivity contribution is -0.149. The Kier molecular flexibility index (Phi) is 6.17. The van der Waals surface area contributed by atoms with Crippen LogP contribution < -0.4 is 5.32 Å². The van der Waals surface area contributed by atoms with E-state index in [4.69, 9.17) is 4.74 Å². The van der Waals surface area contributed by atoms with Gasteiger partial charge in [0.25, 0.3) is 0 Å². The average Bonchev–Trinajstić information content (AvgIpc) is 2.43. The van der Waals surface area contributed by atoms with Crippen molar-refractivity contribution in [2.75, 3.05) is 6.54 Å². The van der Waals surface area contributed by atoms with Crippen LogP contribution >= 0.6 is 0 Å². The molecule has 1 aromatic carbocycles. The van der Waals surface area contributed by atoms with Crippen LogP contribution in [-0.4, -0.2) is 29.3 Å². The molecule has 0 bridgehead atoms. The third-order valence-corrected chi connectivity index (χ3v) is 3.53. The van der Waals surface area contributed by atoms with Gasteiger partial charge in [0.15, 0.2) is 0 Å². The van der Waals surface area contributed by atoms with Crippen molar-refractivity contribution in [2.24, 2.45) is 5.92 Å². The summed E-state index contributed by atoms with van der Waals surface area (Å²) in [6.07, 6.45) is -0.491. The minimum Gasteiger partial charge on any atom is -0.461 e. The minimum absolute atomic E-state index is 0.234. The molecule has 0 fully saturated rings. The number of carbonyl (C=O) groups excluding carboxylic acids is 1. The number of aliphatic hydroxyl groups excluding tert-OH is 1. The van der Waals surface area contributed by atoms with Crippen LogP contribution in [0.4, 0.5) is 0 Å². The second-order valence-corrected chi connectivity index (χ2v) is 5.77. The van der Waals surface area contributed by atoms with Crippen LogP contribution in [0.1, 0.15) is 33.3 Å². The molecular weight excluding hydrogens is 254 g/mol. The standard InChI is InChI=1S/C16H25NO3/c1-12(10-17-16(3,4)13(2)18)15(19)20-11-14-8-6-5-7-9-14/h5-9,12-13,17-18H,10-11H2,1-4H3. The second kappa shape index (κ2) is 7.41. The minimum atomic E-state index is -0.491. The first kappa shape index (κ1) is 16.7. The van der Waals surface area contributed by atoms with Crippen molar-refractivity contribution in [1.82, 2.24) is 5.32 Å². The highest BCUT2D eigenvalue weighted by atomic mass is 16.5. The topological polar surface area (TPSA) is 58.6 Å². The average molecular weight is 279 g/mol. The summed E-state index contributed by atoms with van der Waals surface area (Å²) in [7, 11) is 0. The highest BCUT2D eigenvalue weighted by Gasteiger charge is 2.25. The van der Waals surface area contributed by atoms with Gasteiger partial charge in [0.05, 0.1) is 12.0 Å².